The summed E-state index contributed by atoms with van der Waals surface area (Å²) in [6.45, 7) is 4.85. The van der Waals surface area contributed by atoms with Crippen LogP contribution in [0.25, 0.3) is 0 Å². The molecule has 5 nitrogen and oxygen atoms in total. The fourth-order valence-corrected chi connectivity index (χ4v) is 3.50. The van der Waals surface area contributed by atoms with Crippen molar-refractivity contribution in [2.24, 2.45) is 0 Å². The fraction of sp³-hybridized carbons (Fsp3) is 0.308. The van der Waals surface area contributed by atoms with Gasteiger partial charge in [0.05, 0.1) is 6.61 Å². The first-order chi connectivity index (χ1) is 15.0. The van der Waals surface area contributed by atoms with Gasteiger partial charge in [0.25, 0.3) is 0 Å². The molecule has 1 aliphatic heterocycles. The van der Waals surface area contributed by atoms with Gasteiger partial charge in [0.15, 0.2) is 17.3 Å². The summed E-state index contributed by atoms with van der Waals surface area (Å²) in [4.78, 5) is 0. The zero-order chi connectivity index (χ0) is 21.7. The Morgan fingerprint density at radius 1 is 0.871 bits per heavy atom. The molecule has 5 heteroatoms. The largest absolute Gasteiger partial charge is 0.485 e. The Bertz CT molecular complexity index is 972. The summed E-state index contributed by atoms with van der Waals surface area (Å²) in [5.41, 5.74) is 2.82. The topological polar surface area (TPSA) is 57.2 Å². The second-order valence-corrected chi connectivity index (χ2v) is 8.07. The standard InChI is InChI=1S/C26H28O5/c1-26(2)30-18-24(31-26)25(27)21-13-14-22(28-16-19-9-5-3-6-10-19)23(15-21)29-17-20-11-7-4-8-12-20/h3-15,24-25,27H,16-18H2,1-2H3/t24-,25+/m0/s1. The third-order valence-corrected chi connectivity index (χ3v) is 5.17. The average molecular weight is 421 g/mol. The van der Waals surface area contributed by atoms with Crippen molar-refractivity contribution in [3.05, 3.63) is 95.6 Å². The van der Waals surface area contributed by atoms with E-state index in [0.29, 0.717) is 36.9 Å². The molecule has 31 heavy (non-hydrogen) atoms. The van der Waals surface area contributed by atoms with E-state index in [1.165, 1.54) is 0 Å². The molecule has 0 unspecified atom stereocenters. The van der Waals surface area contributed by atoms with Gasteiger partial charge >= 0.3 is 0 Å². The molecule has 1 heterocycles. The van der Waals surface area contributed by atoms with Crippen LogP contribution in [-0.4, -0.2) is 23.6 Å². The highest BCUT2D eigenvalue weighted by molar-refractivity contribution is 5.44. The molecular formula is C26H28O5. The lowest BCUT2D eigenvalue weighted by Gasteiger charge is -2.22. The first-order valence-corrected chi connectivity index (χ1v) is 10.5. The van der Waals surface area contributed by atoms with Gasteiger partial charge in [-0.15, -0.1) is 0 Å². The maximum absolute atomic E-state index is 10.9. The van der Waals surface area contributed by atoms with E-state index in [4.69, 9.17) is 18.9 Å². The summed E-state index contributed by atoms with van der Waals surface area (Å²) in [6.07, 6.45) is -1.27. The van der Waals surface area contributed by atoms with Gasteiger partial charge < -0.3 is 24.1 Å². The summed E-state index contributed by atoms with van der Waals surface area (Å²) in [7, 11) is 0. The molecule has 1 fully saturated rings. The summed E-state index contributed by atoms with van der Waals surface area (Å²) in [5, 5.41) is 10.9. The van der Waals surface area contributed by atoms with Gasteiger partial charge in [0.1, 0.15) is 25.4 Å². The molecule has 3 aromatic rings. The summed E-state index contributed by atoms with van der Waals surface area (Å²) >= 11 is 0. The predicted molar refractivity (Wildman–Crippen MR) is 118 cm³/mol. The minimum atomic E-state index is -0.830. The molecule has 0 aromatic heterocycles. The van der Waals surface area contributed by atoms with Crippen molar-refractivity contribution in [1.82, 2.24) is 0 Å². The van der Waals surface area contributed by atoms with Crippen LogP contribution >= 0.6 is 0 Å². The fourth-order valence-electron chi connectivity index (χ4n) is 3.50. The number of aliphatic hydroxyl groups is 1. The van der Waals surface area contributed by atoms with Crippen LogP contribution in [0.5, 0.6) is 11.5 Å². The minimum absolute atomic E-state index is 0.334. The molecule has 0 amide bonds. The van der Waals surface area contributed by atoms with Gasteiger partial charge in [0.2, 0.25) is 0 Å². The Hall–Kier alpha value is -2.86. The number of hydrogen-bond acceptors (Lipinski definition) is 5. The van der Waals surface area contributed by atoms with Crippen LogP contribution in [0, 0.1) is 0 Å². The molecule has 0 bridgehead atoms. The number of benzene rings is 3. The number of ether oxygens (including phenoxy) is 4. The number of rotatable bonds is 8. The molecule has 162 valence electrons. The Morgan fingerprint density at radius 2 is 1.45 bits per heavy atom. The van der Waals surface area contributed by atoms with E-state index in [1.54, 1.807) is 0 Å². The van der Waals surface area contributed by atoms with Gasteiger partial charge in [-0.25, -0.2) is 0 Å². The molecule has 4 rings (SSSR count). The lowest BCUT2D eigenvalue weighted by molar-refractivity contribution is -0.151. The van der Waals surface area contributed by atoms with E-state index in [-0.39, 0.29) is 0 Å². The third kappa shape index (κ3) is 5.64. The van der Waals surface area contributed by atoms with Crippen molar-refractivity contribution in [2.75, 3.05) is 6.61 Å². The highest BCUT2D eigenvalue weighted by Gasteiger charge is 2.37. The van der Waals surface area contributed by atoms with E-state index >= 15 is 0 Å². The third-order valence-electron chi connectivity index (χ3n) is 5.17. The quantitative estimate of drug-likeness (QED) is 0.554. The highest BCUT2D eigenvalue weighted by atomic mass is 16.7. The zero-order valence-corrected chi connectivity index (χ0v) is 17.9. The molecule has 0 saturated carbocycles. The maximum atomic E-state index is 10.9. The normalized spacial score (nSPS) is 18.5. The SMILES string of the molecule is CC1(C)OC[C@@H]([C@H](O)c2ccc(OCc3ccccc3)c(OCc3ccccc3)c2)O1. The lowest BCUT2D eigenvalue weighted by Crippen LogP contribution is -2.25. The van der Waals surface area contributed by atoms with E-state index in [2.05, 4.69) is 0 Å². The van der Waals surface area contributed by atoms with Crippen LogP contribution in [-0.2, 0) is 22.7 Å². The van der Waals surface area contributed by atoms with Crippen molar-refractivity contribution in [3.63, 3.8) is 0 Å². The van der Waals surface area contributed by atoms with E-state index in [9.17, 15) is 5.11 Å². The molecule has 2 atom stereocenters. The Balaban J connectivity index is 1.53. The highest BCUT2D eigenvalue weighted by Crippen LogP contribution is 2.36. The molecule has 1 N–H and O–H groups in total. The molecule has 0 spiro atoms. The van der Waals surface area contributed by atoms with Crippen molar-refractivity contribution >= 4 is 0 Å². The smallest absolute Gasteiger partial charge is 0.163 e. The van der Waals surface area contributed by atoms with Crippen molar-refractivity contribution < 1.29 is 24.1 Å². The van der Waals surface area contributed by atoms with Crippen LogP contribution in [0.4, 0.5) is 0 Å². The summed E-state index contributed by atoms with van der Waals surface area (Å²) < 4.78 is 23.6. The summed E-state index contributed by atoms with van der Waals surface area (Å²) in [6, 6.07) is 25.4. The van der Waals surface area contributed by atoms with Crippen molar-refractivity contribution in [2.45, 2.75) is 45.1 Å². The second kappa shape index (κ2) is 9.52. The first kappa shape index (κ1) is 21.4. The van der Waals surface area contributed by atoms with Crippen LogP contribution in [0.3, 0.4) is 0 Å². The van der Waals surface area contributed by atoms with Gasteiger partial charge in [-0.05, 0) is 42.7 Å². The van der Waals surface area contributed by atoms with Gasteiger partial charge in [-0.2, -0.15) is 0 Å². The van der Waals surface area contributed by atoms with Crippen molar-refractivity contribution in [1.29, 1.82) is 0 Å². The molecular weight excluding hydrogens is 392 g/mol. The molecule has 1 saturated heterocycles. The summed E-state index contributed by atoms with van der Waals surface area (Å²) in [5.74, 6) is 0.506. The lowest BCUT2D eigenvalue weighted by atomic mass is 10.0. The van der Waals surface area contributed by atoms with E-state index in [0.717, 1.165) is 11.1 Å². The molecule has 0 radical (unpaired) electrons. The number of hydrogen-bond donors (Lipinski definition) is 1. The van der Waals surface area contributed by atoms with Gasteiger partial charge in [-0.1, -0.05) is 66.7 Å². The van der Waals surface area contributed by atoms with E-state index in [1.807, 2.05) is 92.7 Å². The van der Waals surface area contributed by atoms with Crippen molar-refractivity contribution in [3.8, 4) is 11.5 Å². The molecule has 0 aliphatic carbocycles. The first-order valence-electron chi connectivity index (χ1n) is 10.5. The van der Waals surface area contributed by atoms with Gasteiger partial charge in [-0.3, -0.25) is 0 Å². The molecule has 3 aromatic carbocycles. The predicted octanol–water partition coefficient (Wildman–Crippen LogP) is 5.03. The Labute approximate surface area is 183 Å². The maximum Gasteiger partial charge on any atom is 0.163 e. The Kier molecular flexibility index (Phi) is 6.56. The zero-order valence-electron chi connectivity index (χ0n) is 17.9. The monoisotopic (exact) mass is 420 g/mol. The van der Waals surface area contributed by atoms with Gasteiger partial charge in [0, 0.05) is 0 Å². The van der Waals surface area contributed by atoms with E-state index < -0.39 is 18.0 Å². The average Bonchev–Trinajstić information content (AvgIpc) is 3.17. The second-order valence-electron chi connectivity index (χ2n) is 8.07. The van der Waals surface area contributed by atoms with Crippen LogP contribution in [0.2, 0.25) is 0 Å². The van der Waals surface area contributed by atoms with Crippen LogP contribution in [0.1, 0.15) is 36.6 Å². The van der Waals surface area contributed by atoms with Crippen LogP contribution in [0.15, 0.2) is 78.9 Å². The van der Waals surface area contributed by atoms with Crippen LogP contribution < -0.4 is 9.47 Å². The Morgan fingerprint density at radius 3 is 2.00 bits per heavy atom. The molecule has 1 aliphatic rings. The minimum Gasteiger partial charge on any atom is -0.485 e. The number of aliphatic hydroxyl groups excluding tert-OH is 1.